The zero-order chi connectivity index (χ0) is 19.0. The van der Waals surface area contributed by atoms with Crippen LogP contribution < -0.4 is 10.6 Å². The van der Waals surface area contributed by atoms with Crippen molar-refractivity contribution < 1.29 is 4.74 Å². The van der Waals surface area contributed by atoms with Crippen LogP contribution in [0.4, 0.5) is 0 Å². The van der Waals surface area contributed by atoms with Crippen LogP contribution in [0.5, 0.6) is 0 Å². The predicted octanol–water partition coefficient (Wildman–Crippen LogP) is 2.70. The van der Waals surface area contributed by atoms with Gasteiger partial charge >= 0.3 is 0 Å². The monoisotopic (exact) mass is 360 g/mol. The molecule has 0 saturated carbocycles. The maximum atomic E-state index is 5.47. The van der Waals surface area contributed by atoms with Gasteiger partial charge in [-0.15, -0.1) is 0 Å². The van der Waals surface area contributed by atoms with Gasteiger partial charge in [0.25, 0.3) is 0 Å². The zero-order valence-corrected chi connectivity index (χ0v) is 17.1. The third-order valence-electron chi connectivity index (χ3n) is 5.30. The Morgan fingerprint density at radius 1 is 1.15 bits per heavy atom. The van der Waals surface area contributed by atoms with E-state index in [4.69, 9.17) is 4.74 Å². The quantitative estimate of drug-likeness (QED) is 0.580. The van der Waals surface area contributed by atoms with Gasteiger partial charge in [-0.05, 0) is 25.3 Å². The lowest BCUT2D eigenvalue weighted by atomic mass is 9.88. The lowest BCUT2D eigenvalue weighted by Crippen LogP contribution is -2.56. The molecule has 1 heterocycles. The fraction of sp³-hybridized carbons (Fsp3) is 0.667. The molecule has 0 bridgehead atoms. The molecule has 1 atom stereocenters. The molecule has 1 fully saturated rings. The number of nitrogens with zero attached hydrogens (tertiary/aromatic N) is 2. The molecular weight excluding hydrogens is 324 g/mol. The summed E-state index contributed by atoms with van der Waals surface area (Å²) in [5, 5.41) is 7.03. The molecule has 0 spiro atoms. The predicted molar refractivity (Wildman–Crippen MR) is 110 cm³/mol. The summed E-state index contributed by atoms with van der Waals surface area (Å²) >= 11 is 0. The highest BCUT2D eigenvalue weighted by molar-refractivity contribution is 5.79. The van der Waals surface area contributed by atoms with Gasteiger partial charge in [0.1, 0.15) is 0 Å². The Morgan fingerprint density at radius 2 is 1.81 bits per heavy atom. The summed E-state index contributed by atoms with van der Waals surface area (Å²) in [5.74, 6) is 1.89. The third-order valence-corrected chi connectivity index (χ3v) is 5.30. The fourth-order valence-electron chi connectivity index (χ4n) is 3.45. The molecule has 1 aromatic carbocycles. The highest BCUT2D eigenvalue weighted by Gasteiger charge is 2.28. The molecule has 1 saturated heterocycles. The summed E-state index contributed by atoms with van der Waals surface area (Å²) in [6.07, 6.45) is 0. The molecule has 0 radical (unpaired) electrons. The minimum Gasteiger partial charge on any atom is -0.379 e. The number of morpholine rings is 1. The van der Waals surface area contributed by atoms with Gasteiger partial charge in [-0.3, -0.25) is 9.89 Å². The average Bonchev–Trinajstić information content (AvgIpc) is 2.65. The molecular formula is C21H36N4O. The second-order valence-corrected chi connectivity index (χ2v) is 7.98. The number of benzene rings is 1. The van der Waals surface area contributed by atoms with Crippen LogP contribution >= 0.6 is 0 Å². The summed E-state index contributed by atoms with van der Waals surface area (Å²) in [6.45, 7) is 14.5. The Labute approximate surface area is 159 Å². The van der Waals surface area contributed by atoms with Gasteiger partial charge in [-0.25, -0.2) is 0 Å². The Balaban J connectivity index is 1.88. The van der Waals surface area contributed by atoms with Crippen molar-refractivity contribution in [1.29, 1.82) is 0 Å². The van der Waals surface area contributed by atoms with Gasteiger partial charge in [0.2, 0.25) is 0 Å². The standard InChI is InChI=1S/C21H36N4O/c1-17(2)19(18-9-7-6-8-10-18)15-23-20(22-5)24-16-21(3,4)25-11-13-26-14-12-25/h6-10,17,19H,11-16H2,1-5H3,(H2,22,23,24). The van der Waals surface area contributed by atoms with Crippen LogP contribution in [0.25, 0.3) is 0 Å². The van der Waals surface area contributed by atoms with E-state index in [1.165, 1.54) is 5.56 Å². The zero-order valence-electron chi connectivity index (χ0n) is 17.1. The van der Waals surface area contributed by atoms with Gasteiger partial charge in [-0.1, -0.05) is 44.2 Å². The first-order chi connectivity index (χ1) is 12.4. The third kappa shape index (κ3) is 5.99. The Kier molecular flexibility index (Phi) is 7.91. The molecule has 0 aromatic heterocycles. The molecule has 1 unspecified atom stereocenters. The van der Waals surface area contributed by atoms with Crippen molar-refractivity contribution >= 4 is 5.96 Å². The van der Waals surface area contributed by atoms with Gasteiger partial charge in [0.05, 0.1) is 13.2 Å². The van der Waals surface area contributed by atoms with E-state index in [-0.39, 0.29) is 5.54 Å². The van der Waals surface area contributed by atoms with Crippen molar-refractivity contribution in [3.05, 3.63) is 35.9 Å². The van der Waals surface area contributed by atoms with Crippen LogP contribution in [0.15, 0.2) is 35.3 Å². The van der Waals surface area contributed by atoms with Crippen molar-refractivity contribution in [3.63, 3.8) is 0 Å². The van der Waals surface area contributed by atoms with E-state index in [0.29, 0.717) is 11.8 Å². The van der Waals surface area contributed by atoms with Crippen molar-refractivity contribution in [2.75, 3.05) is 46.4 Å². The van der Waals surface area contributed by atoms with Crippen LogP contribution in [0.2, 0.25) is 0 Å². The summed E-state index contributed by atoms with van der Waals surface area (Å²) in [6, 6.07) is 10.7. The highest BCUT2D eigenvalue weighted by Crippen LogP contribution is 2.23. The first-order valence-electron chi connectivity index (χ1n) is 9.76. The fourth-order valence-corrected chi connectivity index (χ4v) is 3.45. The van der Waals surface area contributed by atoms with E-state index < -0.39 is 0 Å². The summed E-state index contributed by atoms with van der Waals surface area (Å²) in [4.78, 5) is 6.90. The smallest absolute Gasteiger partial charge is 0.191 e. The topological polar surface area (TPSA) is 48.9 Å². The molecule has 2 N–H and O–H groups in total. The molecule has 2 rings (SSSR count). The van der Waals surface area contributed by atoms with E-state index in [1.807, 2.05) is 7.05 Å². The SMILES string of the molecule is CN=C(NCC(c1ccccc1)C(C)C)NCC(C)(C)N1CCOCC1. The second-order valence-electron chi connectivity index (χ2n) is 7.98. The molecule has 0 amide bonds. The van der Waals surface area contributed by atoms with Crippen molar-refractivity contribution in [1.82, 2.24) is 15.5 Å². The number of nitrogens with one attached hydrogen (secondary N) is 2. The van der Waals surface area contributed by atoms with E-state index in [2.05, 4.69) is 78.6 Å². The van der Waals surface area contributed by atoms with E-state index >= 15 is 0 Å². The van der Waals surface area contributed by atoms with Crippen LogP contribution in [-0.2, 0) is 4.74 Å². The van der Waals surface area contributed by atoms with Crippen LogP contribution in [0, 0.1) is 5.92 Å². The Bertz CT molecular complexity index is 550. The van der Waals surface area contributed by atoms with Crippen molar-refractivity contribution in [2.45, 2.75) is 39.2 Å². The molecule has 26 heavy (non-hydrogen) atoms. The van der Waals surface area contributed by atoms with Crippen LogP contribution in [-0.4, -0.2) is 62.8 Å². The first kappa shape index (κ1) is 20.7. The van der Waals surface area contributed by atoms with Crippen molar-refractivity contribution in [3.8, 4) is 0 Å². The van der Waals surface area contributed by atoms with Crippen molar-refractivity contribution in [2.24, 2.45) is 10.9 Å². The van der Waals surface area contributed by atoms with Crippen LogP contribution in [0.3, 0.4) is 0 Å². The number of hydrogen-bond donors (Lipinski definition) is 2. The number of ether oxygens (including phenoxy) is 1. The normalized spacial score (nSPS) is 18.0. The minimum absolute atomic E-state index is 0.0677. The number of aliphatic imine (C=N–C) groups is 1. The molecule has 5 heteroatoms. The van der Waals surface area contributed by atoms with Gasteiger partial charge in [-0.2, -0.15) is 0 Å². The van der Waals surface area contributed by atoms with E-state index in [9.17, 15) is 0 Å². The average molecular weight is 361 g/mol. The lowest BCUT2D eigenvalue weighted by Gasteiger charge is -2.41. The first-order valence-corrected chi connectivity index (χ1v) is 9.76. The molecule has 1 aliphatic heterocycles. The largest absolute Gasteiger partial charge is 0.379 e. The number of guanidine groups is 1. The maximum Gasteiger partial charge on any atom is 0.191 e. The summed E-state index contributed by atoms with van der Waals surface area (Å²) in [5.41, 5.74) is 1.44. The minimum atomic E-state index is 0.0677. The Hall–Kier alpha value is -1.59. The summed E-state index contributed by atoms with van der Waals surface area (Å²) in [7, 11) is 1.84. The second kappa shape index (κ2) is 9.93. The number of rotatable bonds is 7. The highest BCUT2D eigenvalue weighted by atomic mass is 16.5. The molecule has 1 aliphatic rings. The lowest BCUT2D eigenvalue weighted by molar-refractivity contribution is -0.00834. The molecule has 1 aromatic rings. The number of hydrogen-bond acceptors (Lipinski definition) is 3. The molecule has 0 aliphatic carbocycles. The Morgan fingerprint density at radius 3 is 2.38 bits per heavy atom. The van der Waals surface area contributed by atoms with Gasteiger partial charge in [0.15, 0.2) is 5.96 Å². The molecule has 146 valence electrons. The summed E-state index contributed by atoms with van der Waals surface area (Å²) < 4.78 is 5.47. The van der Waals surface area contributed by atoms with Crippen LogP contribution in [0.1, 0.15) is 39.2 Å². The van der Waals surface area contributed by atoms with E-state index in [1.54, 1.807) is 0 Å². The maximum absolute atomic E-state index is 5.47. The van der Waals surface area contributed by atoms with E-state index in [0.717, 1.165) is 45.4 Å². The van der Waals surface area contributed by atoms with Gasteiger partial charge < -0.3 is 15.4 Å². The van der Waals surface area contributed by atoms with Gasteiger partial charge in [0, 0.05) is 44.7 Å². The molecule has 5 nitrogen and oxygen atoms in total.